The molecule has 0 aromatic carbocycles. The summed E-state index contributed by atoms with van der Waals surface area (Å²) in [5, 5.41) is 6.74. The SMILES string of the molecule is O=c1c2c(Br)csc2cnn1CCc1cn2ccc(F)cc2n1. The summed E-state index contributed by atoms with van der Waals surface area (Å²) >= 11 is 4.88. The van der Waals surface area contributed by atoms with Gasteiger partial charge in [0, 0.05) is 34.7 Å². The van der Waals surface area contributed by atoms with Crippen LogP contribution in [0.4, 0.5) is 4.39 Å². The van der Waals surface area contributed by atoms with E-state index in [9.17, 15) is 9.18 Å². The zero-order valence-electron chi connectivity index (χ0n) is 11.7. The van der Waals surface area contributed by atoms with Crippen molar-refractivity contribution < 1.29 is 4.39 Å². The number of thiophene rings is 1. The van der Waals surface area contributed by atoms with Crippen molar-refractivity contribution in [2.24, 2.45) is 0 Å². The van der Waals surface area contributed by atoms with Crippen molar-refractivity contribution in [2.45, 2.75) is 13.0 Å². The fourth-order valence-corrected chi connectivity index (χ4v) is 4.03. The number of halogens is 2. The Morgan fingerprint density at radius 3 is 3.13 bits per heavy atom. The summed E-state index contributed by atoms with van der Waals surface area (Å²) in [5.41, 5.74) is 1.22. The van der Waals surface area contributed by atoms with Crippen LogP contribution in [0.5, 0.6) is 0 Å². The van der Waals surface area contributed by atoms with Crippen LogP contribution in [0.3, 0.4) is 0 Å². The van der Waals surface area contributed by atoms with Gasteiger partial charge in [-0.3, -0.25) is 4.79 Å². The molecular weight excluding hydrogens is 383 g/mol. The minimum absolute atomic E-state index is 0.120. The van der Waals surface area contributed by atoms with Gasteiger partial charge in [0.2, 0.25) is 0 Å². The van der Waals surface area contributed by atoms with Gasteiger partial charge in [-0.05, 0) is 22.0 Å². The van der Waals surface area contributed by atoms with Crippen molar-refractivity contribution >= 4 is 43.0 Å². The lowest BCUT2D eigenvalue weighted by molar-refractivity contribution is 0.580. The second-order valence-electron chi connectivity index (χ2n) is 5.09. The molecule has 0 unspecified atom stereocenters. The van der Waals surface area contributed by atoms with Gasteiger partial charge in [0.25, 0.3) is 5.56 Å². The molecule has 0 saturated heterocycles. The van der Waals surface area contributed by atoms with E-state index in [-0.39, 0.29) is 11.4 Å². The number of nitrogens with zero attached hydrogens (tertiary/aromatic N) is 4. The Morgan fingerprint density at radius 2 is 2.26 bits per heavy atom. The highest BCUT2D eigenvalue weighted by molar-refractivity contribution is 9.10. The summed E-state index contributed by atoms with van der Waals surface area (Å²) in [6.07, 6.45) is 5.70. The highest BCUT2D eigenvalue weighted by Crippen LogP contribution is 2.26. The molecule has 116 valence electrons. The van der Waals surface area contributed by atoms with Gasteiger partial charge in [-0.25, -0.2) is 14.1 Å². The lowest BCUT2D eigenvalue weighted by Crippen LogP contribution is -2.23. The van der Waals surface area contributed by atoms with E-state index in [1.165, 1.54) is 28.2 Å². The third-order valence-corrected chi connectivity index (χ3v) is 5.43. The predicted octanol–water partition coefficient (Wildman–Crippen LogP) is 3.25. The number of hydrogen-bond acceptors (Lipinski definition) is 4. The molecule has 0 amide bonds. The fourth-order valence-electron chi connectivity index (χ4n) is 2.47. The van der Waals surface area contributed by atoms with Gasteiger partial charge in [-0.2, -0.15) is 5.10 Å². The molecule has 0 radical (unpaired) electrons. The van der Waals surface area contributed by atoms with Gasteiger partial charge < -0.3 is 4.40 Å². The molecule has 0 aliphatic heterocycles. The molecule has 0 fully saturated rings. The van der Waals surface area contributed by atoms with Gasteiger partial charge in [-0.15, -0.1) is 11.3 Å². The number of imidazole rings is 1. The van der Waals surface area contributed by atoms with Crippen molar-refractivity contribution in [3.63, 3.8) is 0 Å². The van der Waals surface area contributed by atoms with Crippen LogP contribution in [0.15, 0.2) is 45.4 Å². The molecule has 4 rings (SSSR count). The third-order valence-electron chi connectivity index (χ3n) is 3.59. The standard InChI is InChI=1S/C15H10BrFN4OS/c16-11-8-23-12-6-18-21(15(22)14(11)12)4-2-10-7-20-3-1-9(17)5-13(20)19-10/h1,3,5-8H,2,4H2. The highest BCUT2D eigenvalue weighted by Gasteiger charge is 2.10. The number of aromatic nitrogens is 4. The van der Waals surface area contributed by atoms with Crippen molar-refractivity contribution in [3.05, 3.63) is 62.4 Å². The van der Waals surface area contributed by atoms with Crippen LogP contribution in [-0.2, 0) is 13.0 Å². The number of pyridine rings is 1. The summed E-state index contributed by atoms with van der Waals surface area (Å²) in [5.74, 6) is -0.319. The molecule has 0 spiro atoms. The Kier molecular flexibility index (Phi) is 3.50. The maximum absolute atomic E-state index is 13.2. The third kappa shape index (κ3) is 2.57. The number of aryl methyl sites for hydroxylation is 2. The van der Waals surface area contributed by atoms with Crippen LogP contribution < -0.4 is 5.56 Å². The first-order valence-corrected chi connectivity index (χ1v) is 8.55. The number of hydrogen-bond donors (Lipinski definition) is 0. The summed E-state index contributed by atoms with van der Waals surface area (Å²) in [6, 6.07) is 2.76. The van der Waals surface area contributed by atoms with E-state index >= 15 is 0 Å². The van der Waals surface area contributed by atoms with Crippen molar-refractivity contribution in [1.29, 1.82) is 0 Å². The van der Waals surface area contributed by atoms with Crippen LogP contribution in [0.2, 0.25) is 0 Å². The summed E-state index contributed by atoms with van der Waals surface area (Å²) < 4.78 is 18.0. The molecule has 4 heterocycles. The lowest BCUT2D eigenvalue weighted by Gasteiger charge is -2.02. The molecule has 0 N–H and O–H groups in total. The Hall–Kier alpha value is -2.06. The van der Waals surface area contributed by atoms with Gasteiger partial charge in [0.1, 0.15) is 11.5 Å². The van der Waals surface area contributed by atoms with Crippen molar-refractivity contribution in [3.8, 4) is 0 Å². The van der Waals surface area contributed by atoms with Gasteiger partial charge in [0.05, 0.1) is 28.5 Å². The van der Waals surface area contributed by atoms with Crippen molar-refractivity contribution in [1.82, 2.24) is 19.2 Å². The topological polar surface area (TPSA) is 52.2 Å². The zero-order chi connectivity index (χ0) is 16.0. The van der Waals surface area contributed by atoms with E-state index < -0.39 is 0 Å². The summed E-state index contributed by atoms with van der Waals surface area (Å²) in [4.78, 5) is 16.8. The first-order chi connectivity index (χ1) is 11.1. The molecule has 4 aromatic rings. The maximum atomic E-state index is 13.2. The molecule has 4 aromatic heterocycles. The number of rotatable bonds is 3. The van der Waals surface area contributed by atoms with Crippen LogP contribution >= 0.6 is 27.3 Å². The van der Waals surface area contributed by atoms with Crippen LogP contribution in [0, 0.1) is 5.82 Å². The molecule has 0 bridgehead atoms. The second kappa shape index (κ2) is 5.54. The Balaban J connectivity index is 1.64. The Bertz CT molecular complexity index is 1080. The smallest absolute Gasteiger partial charge is 0.276 e. The van der Waals surface area contributed by atoms with E-state index in [0.717, 1.165) is 14.9 Å². The van der Waals surface area contributed by atoms with Gasteiger partial charge >= 0.3 is 0 Å². The van der Waals surface area contributed by atoms with Gasteiger partial charge in [-0.1, -0.05) is 0 Å². The molecule has 0 aliphatic rings. The molecular formula is C15H10BrFN4OS. The van der Waals surface area contributed by atoms with Gasteiger partial charge in [0.15, 0.2) is 0 Å². The first-order valence-electron chi connectivity index (χ1n) is 6.88. The molecule has 5 nitrogen and oxygen atoms in total. The Labute approximate surface area is 142 Å². The Morgan fingerprint density at radius 1 is 1.39 bits per heavy atom. The molecule has 23 heavy (non-hydrogen) atoms. The molecule has 0 saturated carbocycles. The van der Waals surface area contributed by atoms with E-state index in [0.29, 0.717) is 24.0 Å². The quantitative estimate of drug-likeness (QED) is 0.537. The fraction of sp³-hybridized carbons (Fsp3) is 0.133. The van der Waals surface area contributed by atoms with E-state index in [2.05, 4.69) is 26.0 Å². The monoisotopic (exact) mass is 392 g/mol. The van der Waals surface area contributed by atoms with E-state index in [1.807, 2.05) is 11.6 Å². The van der Waals surface area contributed by atoms with Crippen molar-refractivity contribution in [2.75, 3.05) is 0 Å². The molecule has 8 heteroatoms. The first kappa shape index (κ1) is 14.5. The predicted molar refractivity (Wildman–Crippen MR) is 90.4 cm³/mol. The lowest BCUT2D eigenvalue weighted by atomic mass is 10.3. The summed E-state index contributed by atoms with van der Waals surface area (Å²) in [6.45, 7) is 0.420. The van der Waals surface area contributed by atoms with E-state index in [4.69, 9.17) is 0 Å². The van der Waals surface area contributed by atoms with Crippen LogP contribution in [0.1, 0.15) is 5.69 Å². The highest BCUT2D eigenvalue weighted by atomic mass is 79.9. The molecule has 0 aliphatic carbocycles. The second-order valence-corrected chi connectivity index (χ2v) is 6.85. The molecule has 0 atom stereocenters. The minimum Gasteiger partial charge on any atom is -0.307 e. The largest absolute Gasteiger partial charge is 0.307 e. The average Bonchev–Trinajstić information content (AvgIpc) is 3.10. The minimum atomic E-state index is -0.319. The van der Waals surface area contributed by atoms with Crippen LogP contribution in [0.25, 0.3) is 15.7 Å². The zero-order valence-corrected chi connectivity index (χ0v) is 14.1. The van der Waals surface area contributed by atoms with Crippen LogP contribution in [-0.4, -0.2) is 19.2 Å². The normalized spacial score (nSPS) is 11.6. The average molecular weight is 393 g/mol. The number of fused-ring (bicyclic) bond motifs is 2. The van der Waals surface area contributed by atoms with E-state index in [1.54, 1.807) is 16.8 Å². The maximum Gasteiger partial charge on any atom is 0.276 e. The summed E-state index contributed by atoms with van der Waals surface area (Å²) in [7, 11) is 0.